The molecule has 1 aliphatic rings. The number of hydrogen-bond donors (Lipinski definition) is 1. The fourth-order valence-corrected chi connectivity index (χ4v) is 2.87. The summed E-state index contributed by atoms with van der Waals surface area (Å²) in [6, 6.07) is 21.7. The van der Waals surface area contributed by atoms with Crippen LogP contribution in [-0.2, 0) is 11.4 Å². The quantitative estimate of drug-likeness (QED) is 0.683. The molecule has 0 saturated carbocycles. The molecular formula is C22H16FNO2. The Morgan fingerprint density at radius 1 is 0.962 bits per heavy atom. The van der Waals surface area contributed by atoms with E-state index in [2.05, 4.69) is 5.32 Å². The van der Waals surface area contributed by atoms with Gasteiger partial charge in [-0.1, -0.05) is 42.5 Å². The highest BCUT2D eigenvalue weighted by Crippen LogP contribution is 2.33. The van der Waals surface area contributed by atoms with E-state index in [-0.39, 0.29) is 11.7 Å². The van der Waals surface area contributed by atoms with Crippen LogP contribution in [0.15, 0.2) is 72.8 Å². The first-order valence-corrected chi connectivity index (χ1v) is 8.29. The lowest BCUT2D eigenvalue weighted by molar-refractivity contribution is -0.110. The molecule has 4 heteroatoms. The Balaban J connectivity index is 1.52. The maximum absolute atomic E-state index is 13.5. The average Bonchev–Trinajstić information content (AvgIpc) is 2.97. The van der Waals surface area contributed by atoms with Gasteiger partial charge in [0.2, 0.25) is 0 Å². The Bertz CT molecular complexity index is 979. The van der Waals surface area contributed by atoms with E-state index in [1.54, 1.807) is 12.1 Å². The van der Waals surface area contributed by atoms with E-state index in [9.17, 15) is 9.18 Å². The van der Waals surface area contributed by atoms with Crippen molar-refractivity contribution in [3.05, 3.63) is 95.3 Å². The van der Waals surface area contributed by atoms with Crippen LogP contribution in [0.3, 0.4) is 0 Å². The largest absolute Gasteiger partial charge is 0.489 e. The summed E-state index contributed by atoms with van der Waals surface area (Å²) in [5.74, 6) is 0.157. The summed E-state index contributed by atoms with van der Waals surface area (Å²) >= 11 is 0. The lowest BCUT2D eigenvalue weighted by Crippen LogP contribution is -2.03. The lowest BCUT2D eigenvalue weighted by Gasteiger charge is -2.06. The Hall–Kier alpha value is -3.40. The summed E-state index contributed by atoms with van der Waals surface area (Å²) in [5, 5.41) is 2.75. The minimum absolute atomic E-state index is 0.227. The normalized spacial score (nSPS) is 14.2. The number of halogens is 1. The van der Waals surface area contributed by atoms with Crippen LogP contribution in [0.2, 0.25) is 0 Å². The van der Waals surface area contributed by atoms with Crippen LogP contribution in [-0.4, -0.2) is 5.91 Å². The second-order valence-corrected chi connectivity index (χ2v) is 6.05. The summed E-state index contributed by atoms with van der Waals surface area (Å²) in [7, 11) is 0. The summed E-state index contributed by atoms with van der Waals surface area (Å²) in [5.41, 5.74) is 3.61. The van der Waals surface area contributed by atoms with E-state index in [0.29, 0.717) is 23.4 Å². The molecule has 0 aromatic heterocycles. The number of nitrogens with one attached hydrogen (secondary N) is 1. The molecule has 1 aliphatic heterocycles. The molecule has 1 heterocycles. The Labute approximate surface area is 150 Å². The van der Waals surface area contributed by atoms with Crippen LogP contribution in [0.5, 0.6) is 5.75 Å². The van der Waals surface area contributed by atoms with E-state index in [0.717, 1.165) is 16.9 Å². The maximum atomic E-state index is 13.5. The number of ether oxygens (including phenoxy) is 1. The number of hydrogen-bond acceptors (Lipinski definition) is 2. The third-order valence-corrected chi connectivity index (χ3v) is 4.20. The molecule has 1 amide bonds. The SMILES string of the molecule is O=C1Nc2ccc(F)cc2/C1=C/c1ccc(OCc2ccccc2)cc1. The third-order valence-electron chi connectivity index (χ3n) is 4.20. The summed E-state index contributed by atoms with van der Waals surface area (Å²) < 4.78 is 19.3. The standard InChI is InChI=1S/C22H16FNO2/c23-17-8-11-21-19(13-17)20(22(25)24-21)12-15-6-9-18(10-7-15)26-14-16-4-2-1-3-5-16/h1-13H,14H2,(H,24,25)/b20-12-. The monoisotopic (exact) mass is 345 g/mol. The van der Waals surface area contributed by atoms with Crippen LogP contribution in [0.25, 0.3) is 11.6 Å². The van der Waals surface area contributed by atoms with Gasteiger partial charge in [-0.2, -0.15) is 0 Å². The first-order chi connectivity index (χ1) is 12.7. The van der Waals surface area contributed by atoms with Gasteiger partial charge in [0, 0.05) is 16.8 Å². The highest BCUT2D eigenvalue weighted by molar-refractivity contribution is 6.34. The van der Waals surface area contributed by atoms with Crippen molar-refractivity contribution < 1.29 is 13.9 Å². The van der Waals surface area contributed by atoms with Crippen molar-refractivity contribution in [2.45, 2.75) is 6.61 Å². The predicted molar refractivity (Wildman–Crippen MR) is 100 cm³/mol. The molecular weight excluding hydrogens is 329 g/mol. The van der Waals surface area contributed by atoms with E-state index in [1.165, 1.54) is 12.1 Å². The molecule has 3 aromatic carbocycles. The number of amides is 1. The Kier molecular flexibility index (Phi) is 4.23. The highest BCUT2D eigenvalue weighted by Gasteiger charge is 2.24. The summed E-state index contributed by atoms with van der Waals surface area (Å²) in [4.78, 5) is 12.1. The zero-order chi connectivity index (χ0) is 17.9. The van der Waals surface area contributed by atoms with Crippen LogP contribution in [0.1, 0.15) is 16.7 Å². The molecule has 0 aliphatic carbocycles. The number of fused-ring (bicyclic) bond motifs is 1. The fraction of sp³-hybridized carbons (Fsp3) is 0.0455. The average molecular weight is 345 g/mol. The smallest absolute Gasteiger partial charge is 0.256 e. The van der Waals surface area contributed by atoms with E-state index in [1.807, 2.05) is 54.6 Å². The number of anilines is 1. The second-order valence-electron chi connectivity index (χ2n) is 6.05. The van der Waals surface area contributed by atoms with E-state index < -0.39 is 0 Å². The van der Waals surface area contributed by atoms with Gasteiger partial charge < -0.3 is 10.1 Å². The van der Waals surface area contributed by atoms with Crippen LogP contribution in [0, 0.1) is 5.82 Å². The molecule has 4 rings (SSSR count). The Morgan fingerprint density at radius 2 is 1.73 bits per heavy atom. The second kappa shape index (κ2) is 6.84. The molecule has 0 saturated heterocycles. The molecule has 3 aromatic rings. The van der Waals surface area contributed by atoms with Gasteiger partial charge in [-0.05, 0) is 47.5 Å². The molecule has 26 heavy (non-hydrogen) atoms. The molecule has 0 spiro atoms. The number of carbonyl (C=O) groups is 1. The summed E-state index contributed by atoms with van der Waals surface area (Å²) in [6.45, 7) is 0.496. The topological polar surface area (TPSA) is 38.3 Å². The van der Waals surface area contributed by atoms with Gasteiger partial charge in [-0.25, -0.2) is 4.39 Å². The highest BCUT2D eigenvalue weighted by atomic mass is 19.1. The zero-order valence-electron chi connectivity index (χ0n) is 13.9. The van der Waals surface area contributed by atoms with Gasteiger partial charge >= 0.3 is 0 Å². The van der Waals surface area contributed by atoms with Crippen molar-refractivity contribution >= 4 is 23.2 Å². The molecule has 0 fully saturated rings. The van der Waals surface area contributed by atoms with Crippen molar-refractivity contribution in [2.24, 2.45) is 0 Å². The van der Waals surface area contributed by atoms with Gasteiger partial charge in [0.05, 0.1) is 0 Å². The number of carbonyl (C=O) groups excluding carboxylic acids is 1. The van der Waals surface area contributed by atoms with Gasteiger partial charge in [0.25, 0.3) is 5.91 Å². The van der Waals surface area contributed by atoms with Crippen LogP contribution < -0.4 is 10.1 Å². The predicted octanol–water partition coefficient (Wildman–Crippen LogP) is 4.90. The Morgan fingerprint density at radius 3 is 2.50 bits per heavy atom. The zero-order valence-corrected chi connectivity index (χ0v) is 13.9. The van der Waals surface area contributed by atoms with Gasteiger partial charge in [0.15, 0.2) is 0 Å². The molecule has 0 atom stereocenters. The minimum atomic E-state index is -0.365. The van der Waals surface area contributed by atoms with Crippen molar-refractivity contribution in [3.8, 4) is 5.75 Å². The third kappa shape index (κ3) is 3.35. The number of benzene rings is 3. The minimum Gasteiger partial charge on any atom is -0.489 e. The molecule has 0 unspecified atom stereocenters. The molecule has 0 bridgehead atoms. The molecule has 0 radical (unpaired) electrons. The van der Waals surface area contributed by atoms with E-state index in [4.69, 9.17) is 4.74 Å². The van der Waals surface area contributed by atoms with Crippen LogP contribution >= 0.6 is 0 Å². The first-order valence-electron chi connectivity index (χ1n) is 8.29. The fourth-order valence-electron chi connectivity index (χ4n) is 2.87. The van der Waals surface area contributed by atoms with Crippen molar-refractivity contribution in [1.82, 2.24) is 0 Å². The van der Waals surface area contributed by atoms with Crippen molar-refractivity contribution in [1.29, 1.82) is 0 Å². The maximum Gasteiger partial charge on any atom is 0.256 e. The van der Waals surface area contributed by atoms with Crippen molar-refractivity contribution in [3.63, 3.8) is 0 Å². The van der Waals surface area contributed by atoms with E-state index >= 15 is 0 Å². The van der Waals surface area contributed by atoms with Gasteiger partial charge in [-0.15, -0.1) is 0 Å². The molecule has 1 N–H and O–H groups in total. The molecule has 128 valence electrons. The lowest BCUT2D eigenvalue weighted by atomic mass is 10.0. The molecule has 3 nitrogen and oxygen atoms in total. The van der Waals surface area contributed by atoms with Crippen LogP contribution in [0.4, 0.5) is 10.1 Å². The van der Waals surface area contributed by atoms with Crippen molar-refractivity contribution in [2.75, 3.05) is 5.32 Å². The van der Waals surface area contributed by atoms with Gasteiger partial charge in [0.1, 0.15) is 18.2 Å². The number of rotatable bonds is 4. The van der Waals surface area contributed by atoms with Gasteiger partial charge in [-0.3, -0.25) is 4.79 Å². The summed E-state index contributed by atoms with van der Waals surface area (Å²) in [6.07, 6.45) is 1.75. The first kappa shape index (κ1) is 16.1.